The predicted octanol–water partition coefficient (Wildman–Crippen LogP) is 3.91. The van der Waals surface area contributed by atoms with Crippen LogP contribution in [0.4, 0.5) is 0 Å². The monoisotopic (exact) mass is 311 g/mol. The lowest BCUT2D eigenvalue weighted by Crippen LogP contribution is -2.39. The lowest BCUT2D eigenvalue weighted by Gasteiger charge is -2.29. The van der Waals surface area contributed by atoms with Gasteiger partial charge in [-0.3, -0.25) is 4.79 Å². The Kier molecular flexibility index (Phi) is 5.56. The first-order chi connectivity index (χ1) is 11.0. The number of nitrogens with two attached hydrogens (primary N) is 1. The molecule has 0 spiro atoms. The summed E-state index contributed by atoms with van der Waals surface area (Å²) >= 11 is 0. The molecule has 2 unspecified atom stereocenters. The van der Waals surface area contributed by atoms with Crippen LogP contribution >= 0.6 is 0 Å². The number of benzene rings is 2. The zero-order valence-electron chi connectivity index (χ0n) is 14.1. The van der Waals surface area contributed by atoms with E-state index in [1.54, 1.807) is 0 Å². The van der Waals surface area contributed by atoms with Crippen molar-refractivity contribution < 1.29 is 9.53 Å². The Morgan fingerprint density at radius 2 is 1.65 bits per heavy atom. The summed E-state index contributed by atoms with van der Waals surface area (Å²) < 4.78 is 5.28. The third-order valence-electron chi connectivity index (χ3n) is 4.09. The number of esters is 1. The molecular weight excluding hydrogens is 286 g/mol. The van der Waals surface area contributed by atoms with Gasteiger partial charge < -0.3 is 10.5 Å². The second-order valence-electron chi connectivity index (χ2n) is 6.18. The molecule has 2 N–H and O–H groups in total. The van der Waals surface area contributed by atoms with Crippen molar-refractivity contribution in [2.75, 3.05) is 6.61 Å². The van der Waals surface area contributed by atoms with Gasteiger partial charge in [0, 0.05) is 6.04 Å². The average Bonchev–Trinajstić information content (AvgIpc) is 2.55. The van der Waals surface area contributed by atoms with Crippen molar-refractivity contribution in [3.8, 4) is 11.1 Å². The van der Waals surface area contributed by atoms with E-state index in [0.29, 0.717) is 13.0 Å². The van der Waals surface area contributed by atoms with Gasteiger partial charge in [-0.15, -0.1) is 0 Å². The maximum absolute atomic E-state index is 12.5. The van der Waals surface area contributed by atoms with Crippen molar-refractivity contribution in [1.82, 2.24) is 0 Å². The summed E-state index contributed by atoms with van der Waals surface area (Å²) in [4.78, 5) is 12.5. The van der Waals surface area contributed by atoms with E-state index in [1.165, 1.54) is 0 Å². The number of carbonyl (C=O) groups excluding carboxylic acids is 1. The molecule has 3 nitrogen and oxygen atoms in total. The molecule has 0 aliphatic rings. The fourth-order valence-electron chi connectivity index (χ4n) is 2.91. The standard InChI is InChI=1S/C20H25NO2/c1-4-23-19(22)20(3,14-15(2)21)18-12-10-17(11-13-18)16-8-6-5-7-9-16/h5-13,15H,4,14,21H2,1-3H3. The molecule has 0 fully saturated rings. The van der Waals surface area contributed by atoms with Crippen LogP contribution in [0.3, 0.4) is 0 Å². The van der Waals surface area contributed by atoms with E-state index in [0.717, 1.165) is 16.7 Å². The minimum Gasteiger partial charge on any atom is -0.465 e. The van der Waals surface area contributed by atoms with Gasteiger partial charge in [-0.25, -0.2) is 0 Å². The summed E-state index contributed by atoms with van der Waals surface area (Å²) in [5, 5.41) is 0. The smallest absolute Gasteiger partial charge is 0.316 e. The molecule has 23 heavy (non-hydrogen) atoms. The fraction of sp³-hybridized carbons (Fsp3) is 0.350. The molecule has 2 atom stereocenters. The third kappa shape index (κ3) is 3.99. The van der Waals surface area contributed by atoms with Crippen LogP contribution < -0.4 is 5.73 Å². The van der Waals surface area contributed by atoms with E-state index in [-0.39, 0.29) is 12.0 Å². The minimum atomic E-state index is -0.723. The van der Waals surface area contributed by atoms with Gasteiger partial charge in [0.2, 0.25) is 0 Å². The van der Waals surface area contributed by atoms with Gasteiger partial charge in [-0.05, 0) is 43.9 Å². The van der Waals surface area contributed by atoms with Gasteiger partial charge in [0.25, 0.3) is 0 Å². The molecule has 3 heteroatoms. The lowest BCUT2D eigenvalue weighted by molar-refractivity contribution is -0.150. The topological polar surface area (TPSA) is 52.3 Å². The zero-order valence-corrected chi connectivity index (χ0v) is 14.1. The quantitative estimate of drug-likeness (QED) is 0.823. The molecule has 0 aliphatic heterocycles. The summed E-state index contributed by atoms with van der Waals surface area (Å²) in [6.45, 7) is 6.01. The van der Waals surface area contributed by atoms with E-state index in [4.69, 9.17) is 10.5 Å². The van der Waals surface area contributed by atoms with Crippen LogP contribution in [-0.4, -0.2) is 18.6 Å². The third-order valence-corrected chi connectivity index (χ3v) is 4.09. The normalized spacial score (nSPS) is 14.8. The summed E-state index contributed by atoms with van der Waals surface area (Å²) in [5.41, 5.74) is 8.46. The molecule has 0 amide bonds. The summed E-state index contributed by atoms with van der Waals surface area (Å²) in [6.07, 6.45) is 0.552. The zero-order chi connectivity index (χ0) is 16.9. The molecular formula is C20H25NO2. The Morgan fingerprint density at radius 1 is 1.09 bits per heavy atom. The Hall–Kier alpha value is -2.13. The van der Waals surface area contributed by atoms with Crippen LogP contribution in [0, 0.1) is 0 Å². The van der Waals surface area contributed by atoms with Gasteiger partial charge in [0.1, 0.15) is 0 Å². The molecule has 0 saturated heterocycles. The second-order valence-corrected chi connectivity index (χ2v) is 6.18. The summed E-state index contributed by atoms with van der Waals surface area (Å²) in [7, 11) is 0. The van der Waals surface area contributed by atoms with E-state index in [2.05, 4.69) is 12.1 Å². The molecule has 0 bridgehead atoms. The van der Waals surface area contributed by atoms with Crippen molar-refractivity contribution in [3.05, 3.63) is 60.2 Å². The van der Waals surface area contributed by atoms with E-state index in [1.807, 2.05) is 63.2 Å². The first kappa shape index (κ1) is 17.2. The van der Waals surface area contributed by atoms with E-state index >= 15 is 0 Å². The Bertz CT molecular complexity index is 634. The second kappa shape index (κ2) is 7.42. The van der Waals surface area contributed by atoms with Gasteiger partial charge in [0.05, 0.1) is 12.0 Å². The largest absolute Gasteiger partial charge is 0.465 e. The summed E-state index contributed by atoms with van der Waals surface area (Å²) in [6, 6.07) is 18.2. The maximum Gasteiger partial charge on any atom is 0.316 e. The number of ether oxygens (including phenoxy) is 1. The molecule has 0 aliphatic carbocycles. The van der Waals surface area contributed by atoms with Crippen LogP contribution in [0.15, 0.2) is 54.6 Å². The molecule has 0 heterocycles. The number of carbonyl (C=O) groups is 1. The number of hydrogen-bond donors (Lipinski definition) is 1. The maximum atomic E-state index is 12.5. The average molecular weight is 311 g/mol. The van der Waals surface area contributed by atoms with Crippen molar-refractivity contribution >= 4 is 5.97 Å². The van der Waals surface area contributed by atoms with Crippen LogP contribution in [0.25, 0.3) is 11.1 Å². The van der Waals surface area contributed by atoms with Gasteiger partial charge in [-0.1, -0.05) is 54.6 Å². The molecule has 2 rings (SSSR count). The van der Waals surface area contributed by atoms with Gasteiger partial charge in [-0.2, -0.15) is 0 Å². The number of hydrogen-bond acceptors (Lipinski definition) is 3. The molecule has 0 radical (unpaired) electrons. The fourth-order valence-corrected chi connectivity index (χ4v) is 2.91. The first-order valence-corrected chi connectivity index (χ1v) is 8.06. The number of rotatable bonds is 6. The van der Waals surface area contributed by atoms with Gasteiger partial charge in [0.15, 0.2) is 0 Å². The lowest BCUT2D eigenvalue weighted by atomic mass is 9.77. The van der Waals surface area contributed by atoms with E-state index < -0.39 is 5.41 Å². The SMILES string of the molecule is CCOC(=O)C(C)(CC(C)N)c1ccc(-c2ccccc2)cc1. The highest BCUT2D eigenvalue weighted by Crippen LogP contribution is 2.32. The van der Waals surface area contributed by atoms with Crippen molar-refractivity contribution in [3.63, 3.8) is 0 Å². The van der Waals surface area contributed by atoms with E-state index in [9.17, 15) is 4.79 Å². The first-order valence-electron chi connectivity index (χ1n) is 8.06. The van der Waals surface area contributed by atoms with Crippen LogP contribution in [0.2, 0.25) is 0 Å². The van der Waals surface area contributed by atoms with Gasteiger partial charge >= 0.3 is 5.97 Å². The minimum absolute atomic E-state index is 0.0850. The highest BCUT2D eigenvalue weighted by atomic mass is 16.5. The van der Waals surface area contributed by atoms with Crippen molar-refractivity contribution in [2.45, 2.75) is 38.6 Å². The van der Waals surface area contributed by atoms with Crippen molar-refractivity contribution in [2.24, 2.45) is 5.73 Å². The predicted molar refractivity (Wildman–Crippen MR) is 94.1 cm³/mol. The Morgan fingerprint density at radius 3 is 2.17 bits per heavy atom. The molecule has 122 valence electrons. The highest BCUT2D eigenvalue weighted by molar-refractivity contribution is 5.83. The summed E-state index contributed by atoms with van der Waals surface area (Å²) in [5.74, 6) is -0.218. The molecule has 0 aromatic heterocycles. The van der Waals surface area contributed by atoms with Crippen LogP contribution in [0.5, 0.6) is 0 Å². The molecule has 2 aromatic rings. The van der Waals surface area contributed by atoms with Crippen LogP contribution in [-0.2, 0) is 14.9 Å². The molecule has 2 aromatic carbocycles. The highest BCUT2D eigenvalue weighted by Gasteiger charge is 2.37. The molecule has 0 saturated carbocycles. The van der Waals surface area contributed by atoms with Crippen LogP contribution in [0.1, 0.15) is 32.8 Å². The Balaban J connectivity index is 2.34. The van der Waals surface area contributed by atoms with Crippen molar-refractivity contribution in [1.29, 1.82) is 0 Å². The Labute approximate surface area is 138 Å².